The third-order valence-corrected chi connectivity index (χ3v) is 3.93. The molecule has 0 radical (unpaired) electrons. The van der Waals surface area contributed by atoms with Gasteiger partial charge in [0.2, 0.25) is 0 Å². The summed E-state index contributed by atoms with van der Waals surface area (Å²) in [5.74, 6) is 0. The van der Waals surface area contributed by atoms with Crippen molar-refractivity contribution in [3.63, 3.8) is 0 Å². The molecule has 0 heterocycles. The maximum atomic E-state index is 5.37. The van der Waals surface area contributed by atoms with Gasteiger partial charge in [-0.05, 0) is 62.2 Å². The van der Waals surface area contributed by atoms with Crippen LogP contribution in [0, 0.1) is 13.8 Å². The van der Waals surface area contributed by atoms with E-state index in [2.05, 4.69) is 42.7 Å². The molecule has 3 heteroatoms. The van der Waals surface area contributed by atoms with Gasteiger partial charge in [0, 0.05) is 11.7 Å². The molecule has 0 bridgehead atoms. The number of nitrogens with one attached hydrogen (secondary N) is 2. The number of benzene rings is 1. The number of aryl methyl sites for hydroxylation is 2. The molecule has 2 nitrogen and oxygen atoms in total. The monoisotopic (exact) mass is 262 g/mol. The Balaban J connectivity index is 1.88. The Bertz CT molecular complexity index is 423. The Morgan fingerprint density at radius 1 is 1.11 bits per heavy atom. The molecule has 98 valence electrons. The minimum Gasteiger partial charge on any atom is -0.360 e. The summed E-state index contributed by atoms with van der Waals surface area (Å²) in [6.07, 6.45) is 6.51. The molecule has 1 saturated carbocycles. The van der Waals surface area contributed by atoms with Gasteiger partial charge in [0.05, 0.1) is 0 Å². The van der Waals surface area contributed by atoms with Gasteiger partial charge in [0.15, 0.2) is 5.11 Å². The largest absolute Gasteiger partial charge is 0.360 e. The molecular weight excluding hydrogens is 240 g/mol. The second-order valence-corrected chi connectivity index (χ2v) is 5.64. The number of rotatable bonds is 2. The number of hydrogen-bond acceptors (Lipinski definition) is 1. The summed E-state index contributed by atoms with van der Waals surface area (Å²) in [6.45, 7) is 4.25. The van der Waals surface area contributed by atoms with Crippen molar-refractivity contribution in [3.8, 4) is 0 Å². The van der Waals surface area contributed by atoms with Gasteiger partial charge in [-0.1, -0.05) is 25.3 Å². The van der Waals surface area contributed by atoms with E-state index in [1.807, 2.05) is 0 Å². The lowest BCUT2D eigenvalue weighted by atomic mass is 9.96. The Hall–Kier alpha value is -1.09. The first-order valence-corrected chi connectivity index (χ1v) is 7.21. The van der Waals surface area contributed by atoms with Gasteiger partial charge in [0.1, 0.15) is 0 Å². The van der Waals surface area contributed by atoms with Crippen molar-refractivity contribution < 1.29 is 0 Å². The molecule has 0 aromatic heterocycles. The van der Waals surface area contributed by atoms with Crippen molar-refractivity contribution in [2.75, 3.05) is 5.32 Å². The van der Waals surface area contributed by atoms with E-state index in [-0.39, 0.29) is 0 Å². The Morgan fingerprint density at radius 3 is 2.50 bits per heavy atom. The highest BCUT2D eigenvalue weighted by Gasteiger charge is 2.13. The zero-order valence-electron chi connectivity index (χ0n) is 11.3. The molecule has 1 fully saturated rings. The standard InChI is InChI=1S/C15H22N2S/c1-11-8-9-14(10-12(11)2)17-15(18)16-13-6-4-3-5-7-13/h8-10,13H,3-7H2,1-2H3,(H2,16,17,18). The molecule has 18 heavy (non-hydrogen) atoms. The normalized spacial score (nSPS) is 16.3. The first-order chi connectivity index (χ1) is 8.65. The lowest BCUT2D eigenvalue weighted by Crippen LogP contribution is -2.38. The fourth-order valence-electron chi connectivity index (χ4n) is 2.42. The van der Waals surface area contributed by atoms with E-state index in [9.17, 15) is 0 Å². The van der Waals surface area contributed by atoms with Crippen LogP contribution in [0.5, 0.6) is 0 Å². The van der Waals surface area contributed by atoms with Crippen molar-refractivity contribution in [1.82, 2.24) is 5.32 Å². The van der Waals surface area contributed by atoms with Gasteiger partial charge in [-0.3, -0.25) is 0 Å². The van der Waals surface area contributed by atoms with Crippen molar-refractivity contribution in [2.24, 2.45) is 0 Å². The van der Waals surface area contributed by atoms with Crippen molar-refractivity contribution in [3.05, 3.63) is 29.3 Å². The molecule has 1 aliphatic rings. The van der Waals surface area contributed by atoms with Crippen LogP contribution in [0.3, 0.4) is 0 Å². The van der Waals surface area contributed by atoms with E-state index in [0.717, 1.165) is 10.8 Å². The van der Waals surface area contributed by atoms with Crippen LogP contribution in [-0.4, -0.2) is 11.2 Å². The maximum absolute atomic E-state index is 5.37. The van der Waals surface area contributed by atoms with E-state index in [0.29, 0.717) is 6.04 Å². The first-order valence-electron chi connectivity index (χ1n) is 6.80. The van der Waals surface area contributed by atoms with Gasteiger partial charge in [0.25, 0.3) is 0 Å². The highest BCUT2D eigenvalue weighted by atomic mass is 32.1. The molecule has 2 rings (SSSR count). The molecule has 0 spiro atoms. The molecule has 0 saturated heterocycles. The highest BCUT2D eigenvalue weighted by Crippen LogP contribution is 2.18. The zero-order valence-corrected chi connectivity index (χ0v) is 12.1. The summed E-state index contributed by atoms with van der Waals surface area (Å²) in [6, 6.07) is 6.91. The molecule has 1 aliphatic carbocycles. The van der Waals surface area contributed by atoms with E-state index in [1.54, 1.807) is 0 Å². The minimum absolute atomic E-state index is 0.560. The third kappa shape index (κ3) is 3.70. The smallest absolute Gasteiger partial charge is 0.170 e. The Labute approximate surface area is 115 Å². The quantitative estimate of drug-likeness (QED) is 0.790. The van der Waals surface area contributed by atoms with Gasteiger partial charge in [-0.2, -0.15) is 0 Å². The SMILES string of the molecule is Cc1ccc(NC(=S)NC2CCCCC2)cc1C. The average molecular weight is 262 g/mol. The van der Waals surface area contributed by atoms with Crippen LogP contribution in [0.25, 0.3) is 0 Å². The molecule has 0 amide bonds. The maximum Gasteiger partial charge on any atom is 0.170 e. The molecule has 1 aromatic carbocycles. The summed E-state index contributed by atoms with van der Waals surface area (Å²) in [5, 5.41) is 7.45. The number of thiocarbonyl (C=S) groups is 1. The summed E-state index contributed by atoms with van der Waals surface area (Å²) in [4.78, 5) is 0. The third-order valence-electron chi connectivity index (χ3n) is 3.71. The van der Waals surface area contributed by atoms with Crippen LogP contribution < -0.4 is 10.6 Å². The van der Waals surface area contributed by atoms with E-state index < -0.39 is 0 Å². The summed E-state index contributed by atoms with van der Waals surface area (Å²) in [5.41, 5.74) is 3.68. The Morgan fingerprint density at radius 2 is 1.83 bits per heavy atom. The Kier molecular flexibility index (Phi) is 4.59. The molecule has 0 aliphatic heterocycles. The average Bonchev–Trinajstić information content (AvgIpc) is 2.35. The van der Waals surface area contributed by atoms with Gasteiger partial charge >= 0.3 is 0 Å². The lowest BCUT2D eigenvalue weighted by Gasteiger charge is -2.24. The predicted molar refractivity (Wildman–Crippen MR) is 82.1 cm³/mol. The first kappa shape index (κ1) is 13.3. The van der Waals surface area contributed by atoms with Crippen LogP contribution in [-0.2, 0) is 0 Å². The van der Waals surface area contributed by atoms with E-state index in [1.165, 1.54) is 43.2 Å². The summed E-state index contributed by atoms with van der Waals surface area (Å²) in [7, 11) is 0. The van der Waals surface area contributed by atoms with Crippen LogP contribution in [0.15, 0.2) is 18.2 Å². The molecule has 2 N–H and O–H groups in total. The lowest BCUT2D eigenvalue weighted by molar-refractivity contribution is 0.415. The van der Waals surface area contributed by atoms with Gasteiger partial charge in [-0.25, -0.2) is 0 Å². The van der Waals surface area contributed by atoms with Crippen LogP contribution in [0.4, 0.5) is 5.69 Å². The predicted octanol–water partition coefficient (Wildman–Crippen LogP) is 3.92. The second-order valence-electron chi connectivity index (χ2n) is 5.23. The second kappa shape index (κ2) is 6.19. The molecular formula is C15H22N2S. The van der Waals surface area contributed by atoms with Crippen molar-refractivity contribution in [2.45, 2.75) is 52.0 Å². The van der Waals surface area contributed by atoms with Gasteiger partial charge in [-0.15, -0.1) is 0 Å². The molecule has 0 unspecified atom stereocenters. The number of hydrogen-bond donors (Lipinski definition) is 2. The topological polar surface area (TPSA) is 24.1 Å². The molecule has 1 aromatic rings. The highest BCUT2D eigenvalue weighted by molar-refractivity contribution is 7.80. The van der Waals surface area contributed by atoms with Crippen LogP contribution >= 0.6 is 12.2 Å². The number of anilines is 1. The zero-order chi connectivity index (χ0) is 13.0. The van der Waals surface area contributed by atoms with E-state index in [4.69, 9.17) is 12.2 Å². The fourth-order valence-corrected chi connectivity index (χ4v) is 2.70. The summed E-state index contributed by atoms with van der Waals surface area (Å²) >= 11 is 5.37. The fraction of sp³-hybridized carbons (Fsp3) is 0.533. The van der Waals surface area contributed by atoms with Crippen LogP contribution in [0.2, 0.25) is 0 Å². The van der Waals surface area contributed by atoms with Crippen molar-refractivity contribution >= 4 is 23.0 Å². The minimum atomic E-state index is 0.560. The van der Waals surface area contributed by atoms with Crippen molar-refractivity contribution in [1.29, 1.82) is 0 Å². The van der Waals surface area contributed by atoms with Gasteiger partial charge < -0.3 is 10.6 Å². The van der Waals surface area contributed by atoms with Crippen LogP contribution in [0.1, 0.15) is 43.2 Å². The van der Waals surface area contributed by atoms with E-state index >= 15 is 0 Å². The molecule has 0 atom stereocenters. The summed E-state index contributed by atoms with van der Waals surface area (Å²) < 4.78 is 0.